The van der Waals surface area contributed by atoms with Crippen LogP contribution in [-0.2, 0) is 0 Å². The Morgan fingerprint density at radius 1 is 1.62 bits per heavy atom. The average Bonchev–Trinajstić information content (AvgIpc) is 2.72. The summed E-state index contributed by atoms with van der Waals surface area (Å²) in [5.41, 5.74) is 0. The highest BCUT2D eigenvalue weighted by atomic mass is 79.9. The quantitative estimate of drug-likeness (QED) is 0.786. The van der Waals surface area contributed by atoms with Gasteiger partial charge in [-0.2, -0.15) is 5.10 Å². The van der Waals surface area contributed by atoms with E-state index < -0.39 is 0 Å². The summed E-state index contributed by atoms with van der Waals surface area (Å²) in [5.74, 6) is -0.0966. The Balaban J connectivity index is 2.33. The van der Waals surface area contributed by atoms with Gasteiger partial charge in [0.1, 0.15) is 0 Å². The summed E-state index contributed by atoms with van der Waals surface area (Å²) in [4.78, 5) is 12.3. The molecule has 13 heavy (non-hydrogen) atoms. The molecule has 0 fully saturated rings. The fourth-order valence-electron chi connectivity index (χ4n) is 0.927. The molecule has 66 valence electrons. The van der Waals surface area contributed by atoms with E-state index in [1.807, 2.05) is 5.38 Å². The zero-order valence-electron chi connectivity index (χ0n) is 6.48. The number of carbonyl (C=O) groups excluding carboxylic acids is 1. The minimum absolute atomic E-state index is 0.0966. The monoisotopic (exact) mass is 256 g/mol. The maximum Gasteiger partial charge on any atom is 0.288 e. The molecular formula is C8H5BrN2OS. The Labute approximate surface area is 87.1 Å². The van der Waals surface area contributed by atoms with Gasteiger partial charge in [0.05, 0.1) is 4.88 Å². The van der Waals surface area contributed by atoms with Crippen LogP contribution in [0.15, 0.2) is 34.4 Å². The summed E-state index contributed by atoms with van der Waals surface area (Å²) in [6.45, 7) is 0. The van der Waals surface area contributed by atoms with Gasteiger partial charge in [-0.15, -0.1) is 11.3 Å². The fourth-order valence-corrected chi connectivity index (χ4v) is 2.28. The first-order chi connectivity index (χ1) is 6.27. The number of hydrogen-bond donors (Lipinski definition) is 0. The molecule has 0 aliphatic heterocycles. The summed E-state index contributed by atoms with van der Waals surface area (Å²) in [6.07, 6.45) is 3.22. The highest BCUT2D eigenvalue weighted by molar-refractivity contribution is 9.10. The van der Waals surface area contributed by atoms with Crippen LogP contribution in [0, 0.1) is 0 Å². The van der Waals surface area contributed by atoms with Crippen molar-refractivity contribution < 1.29 is 4.79 Å². The summed E-state index contributed by atoms with van der Waals surface area (Å²) in [5, 5.41) is 5.73. The van der Waals surface area contributed by atoms with Crippen LogP contribution < -0.4 is 0 Å². The third-order valence-corrected chi connectivity index (χ3v) is 3.17. The van der Waals surface area contributed by atoms with Gasteiger partial charge in [0.2, 0.25) is 0 Å². The van der Waals surface area contributed by atoms with Crippen molar-refractivity contribution in [3.8, 4) is 0 Å². The van der Waals surface area contributed by atoms with E-state index >= 15 is 0 Å². The first-order valence-electron chi connectivity index (χ1n) is 3.56. The highest BCUT2D eigenvalue weighted by Crippen LogP contribution is 2.20. The summed E-state index contributed by atoms with van der Waals surface area (Å²) >= 11 is 4.69. The molecule has 0 aliphatic carbocycles. The van der Waals surface area contributed by atoms with Crippen molar-refractivity contribution in [2.24, 2.45) is 0 Å². The second kappa shape index (κ2) is 3.43. The third kappa shape index (κ3) is 1.71. The minimum Gasteiger partial charge on any atom is -0.266 e. The van der Waals surface area contributed by atoms with Gasteiger partial charge in [-0.05, 0) is 28.1 Å². The molecule has 0 aromatic carbocycles. The molecule has 0 aliphatic rings. The second-order valence-corrected chi connectivity index (χ2v) is 4.21. The van der Waals surface area contributed by atoms with Gasteiger partial charge in [0.15, 0.2) is 0 Å². The van der Waals surface area contributed by atoms with Crippen LogP contribution in [0.5, 0.6) is 0 Å². The van der Waals surface area contributed by atoms with Gasteiger partial charge in [-0.3, -0.25) is 4.79 Å². The molecule has 0 bridgehead atoms. The number of rotatable bonds is 1. The molecule has 5 heteroatoms. The lowest BCUT2D eigenvalue weighted by atomic mass is 10.4. The Morgan fingerprint density at radius 3 is 3.00 bits per heavy atom. The Hall–Kier alpha value is -0.940. The van der Waals surface area contributed by atoms with Crippen molar-refractivity contribution in [1.29, 1.82) is 0 Å². The minimum atomic E-state index is -0.0966. The number of hydrogen-bond acceptors (Lipinski definition) is 3. The lowest BCUT2D eigenvalue weighted by Gasteiger charge is -1.94. The Kier molecular flexibility index (Phi) is 2.28. The van der Waals surface area contributed by atoms with Crippen LogP contribution in [0.3, 0.4) is 0 Å². The van der Waals surface area contributed by atoms with E-state index in [9.17, 15) is 4.79 Å². The van der Waals surface area contributed by atoms with Crippen molar-refractivity contribution in [2.45, 2.75) is 0 Å². The zero-order valence-corrected chi connectivity index (χ0v) is 8.88. The molecule has 2 heterocycles. The molecule has 2 rings (SSSR count). The van der Waals surface area contributed by atoms with Crippen LogP contribution in [-0.4, -0.2) is 15.7 Å². The molecule has 0 N–H and O–H groups in total. The predicted octanol–water partition coefficient (Wildman–Crippen LogP) is 2.40. The van der Waals surface area contributed by atoms with Crippen molar-refractivity contribution >= 4 is 33.2 Å². The van der Waals surface area contributed by atoms with E-state index in [4.69, 9.17) is 0 Å². The standard InChI is InChI=1S/C8H5BrN2OS/c9-6-4-7(13-5-6)8(12)11-3-1-2-10-11/h1-5H. The molecule has 0 unspecified atom stereocenters. The number of carbonyl (C=O) groups is 1. The summed E-state index contributed by atoms with van der Waals surface area (Å²) in [7, 11) is 0. The van der Waals surface area contributed by atoms with E-state index in [0.717, 1.165) is 4.47 Å². The normalized spacial score (nSPS) is 10.2. The molecule has 3 nitrogen and oxygen atoms in total. The largest absolute Gasteiger partial charge is 0.288 e. The van der Waals surface area contributed by atoms with Crippen LogP contribution in [0.1, 0.15) is 9.67 Å². The predicted molar refractivity (Wildman–Crippen MR) is 54.0 cm³/mol. The molecule has 0 amide bonds. The molecule has 0 atom stereocenters. The third-order valence-electron chi connectivity index (χ3n) is 1.49. The maximum atomic E-state index is 11.6. The molecule has 2 aromatic rings. The first-order valence-corrected chi connectivity index (χ1v) is 5.23. The van der Waals surface area contributed by atoms with Crippen LogP contribution in [0.25, 0.3) is 0 Å². The van der Waals surface area contributed by atoms with Gasteiger partial charge < -0.3 is 0 Å². The highest BCUT2D eigenvalue weighted by Gasteiger charge is 2.10. The molecule has 0 saturated carbocycles. The lowest BCUT2D eigenvalue weighted by molar-refractivity contribution is 0.0949. The van der Waals surface area contributed by atoms with Gasteiger partial charge in [0, 0.05) is 22.2 Å². The number of nitrogens with zero attached hydrogens (tertiary/aromatic N) is 2. The number of aromatic nitrogens is 2. The summed E-state index contributed by atoms with van der Waals surface area (Å²) < 4.78 is 2.24. The van der Waals surface area contributed by atoms with Crippen molar-refractivity contribution in [1.82, 2.24) is 9.78 Å². The smallest absolute Gasteiger partial charge is 0.266 e. The maximum absolute atomic E-state index is 11.6. The fraction of sp³-hybridized carbons (Fsp3) is 0. The topological polar surface area (TPSA) is 34.9 Å². The van der Waals surface area contributed by atoms with E-state index in [2.05, 4.69) is 21.0 Å². The second-order valence-electron chi connectivity index (χ2n) is 2.38. The van der Waals surface area contributed by atoms with E-state index in [0.29, 0.717) is 4.88 Å². The Morgan fingerprint density at radius 2 is 2.46 bits per heavy atom. The molecule has 0 spiro atoms. The average molecular weight is 257 g/mol. The van der Waals surface area contributed by atoms with E-state index in [-0.39, 0.29) is 5.91 Å². The Bertz CT molecular complexity index is 421. The number of thiophene rings is 1. The molecule has 0 saturated heterocycles. The zero-order chi connectivity index (χ0) is 9.26. The van der Waals surface area contributed by atoms with E-state index in [1.54, 1.807) is 24.5 Å². The van der Waals surface area contributed by atoms with Crippen molar-refractivity contribution in [3.63, 3.8) is 0 Å². The van der Waals surface area contributed by atoms with Crippen molar-refractivity contribution in [2.75, 3.05) is 0 Å². The SMILES string of the molecule is O=C(c1cc(Br)cs1)n1cccn1. The lowest BCUT2D eigenvalue weighted by Crippen LogP contribution is -2.10. The van der Waals surface area contributed by atoms with Crippen molar-refractivity contribution in [3.05, 3.63) is 39.3 Å². The van der Waals surface area contributed by atoms with Crippen LogP contribution in [0.4, 0.5) is 0 Å². The molecular weight excluding hydrogens is 252 g/mol. The summed E-state index contributed by atoms with van der Waals surface area (Å²) in [6, 6.07) is 3.51. The first kappa shape index (κ1) is 8.65. The number of halogens is 1. The molecule has 2 aromatic heterocycles. The molecule has 0 radical (unpaired) electrons. The van der Waals surface area contributed by atoms with Gasteiger partial charge in [-0.1, -0.05) is 0 Å². The van der Waals surface area contributed by atoms with Gasteiger partial charge in [-0.25, -0.2) is 4.68 Å². The van der Waals surface area contributed by atoms with Crippen LogP contribution >= 0.6 is 27.3 Å². The van der Waals surface area contributed by atoms with Crippen LogP contribution in [0.2, 0.25) is 0 Å². The van der Waals surface area contributed by atoms with Gasteiger partial charge in [0.25, 0.3) is 5.91 Å². The van der Waals surface area contributed by atoms with E-state index in [1.165, 1.54) is 16.0 Å². The van der Waals surface area contributed by atoms with Gasteiger partial charge >= 0.3 is 0 Å².